The average molecular weight is 428 g/mol. The van der Waals surface area contributed by atoms with Gasteiger partial charge in [0.25, 0.3) is 0 Å². The maximum absolute atomic E-state index is 12.7. The number of rotatable bonds is 5. The van der Waals surface area contributed by atoms with Crippen LogP contribution in [0, 0.1) is 6.92 Å². The van der Waals surface area contributed by atoms with Crippen LogP contribution in [0.4, 0.5) is 11.6 Å². The molecule has 0 amide bonds. The smallest absolute Gasteiger partial charge is 0.236 e. The molecule has 0 radical (unpaired) electrons. The minimum Gasteiger partial charge on any atom is -0.355 e. The van der Waals surface area contributed by atoms with Crippen LogP contribution in [-0.2, 0) is 10.0 Å². The van der Waals surface area contributed by atoms with Crippen molar-refractivity contribution < 1.29 is 8.42 Å². The van der Waals surface area contributed by atoms with E-state index in [0.29, 0.717) is 26.2 Å². The molecule has 2 aromatic rings. The third-order valence-corrected chi connectivity index (χ3v) is 7.31. The molecular weight excluding hydrogens is 398 g/mol. The van der Waals surface area contributed by atoms with Gasteiger partial charge in [-0.25, -0.2) is 8.42 Å². The number of hydrogen-bond donors (Lipinski definition) is 0. The van der Waals surface area contributed by atoms with Gasteiger partial charge in [-0.05, 0) is 50.0 Å². The minimum atomic E-state index is -3.44. The topological polar surface area (TPSA) is 69.6 Å². The van der Waals surface area contributed by atoms with Crippen molar-refractivity contribution in [3.63, 3.8) is 0 Å². The lowest BCUT2D eigenvalue weighted by atomic mass is 10.1. The van der Waals surface area contributed by atoms with Gasteiger partial charge in [0.15, 0.2) is 11.6 Å². The van der Waals surface area contributed by atoms with Crippen LogP contribution < -0.4 is 9.80 Å². The first-order valence-corrected chi connectivity index (χ1v) is 12.1. The van der Waals surface area contributed by atoms with Crippen LogP contribution in [0.1, 0.15) is 30.4 Å². The zero-order valence-corrected chi connectivity index (χ0v) is 18.3. The van der Waals surface area contributed by atoms with Gasteiger partial charge in [-0.15, -0.1) is 10.2 Å². The van der Waals surface area contributed by atoms with E-state index in [0.717, 1.165) is 35.9 Å². The number of piperazine rings is 1. The van der Waals surface area contributed by atoms with Gasteiger partial charge >= 0.3 is 0 Å². The lowest BCUT2D eigenvalue weighted by molar-refractivity contribution is 0.388. The highest BCUT2D eigenvalue weighted by atomic mass is 32.2. The molecule has 0 bridgehead atoms. The summed E-state index contributed by atoms with van der Waals surface area (Å²) in [5.41, 5.74) is 2.03. The predicted molar refractivity (Wildman–Crippen MR) is 121 cm³/mol. The van der Waals surface area contributed by atoms with Crippen LogP contribution in [0.15, 0.2) is 41.8 Å². The van der Waals surface area contributed by atoms with E-state index < -0.39 is 10.0 Å². The van der Waals surface area contributed by atoms with Gasteiger partial charge in [0.05, 0.1) is 0 Å². The molecule has 0 aliphatic carbocycles. The summed E-state index contributed by atoms with van der Waals surface area (Å²) in [6.07, 6.45) is 5.36. The Bertz CT molecular complexity index is 960. The summed E-state index contributed by atoms with van der Waals surface area (Å²) in [5, 5.41) is 10.1. The van der Waals surface area contributed by atoms with Crippen LogP contribution in [0.5, 0.6) is 0 Å². The molecular formula is C22H29N5O2S. The van der Waals surface area contributed by atoms with Crippen molar-refractivity contribution in [2.45, 2.75) is 26.2 Å². The first-order chi connectivity index (χ1) is 14.5. The zero-order valence-electron chi connectivity index (χ0n) is 17.4. The van der Waals surface area contributed by atoms with Crippen molar-refractivity contribution in [2.24, 2.45) is 0 Å². The number of benzene rings is 1. The van der Waals surface area contributed by atoms with Crippen LogP contribution in [0.3, 0.4) is 0 Å². The maximum atomic E-state index is 12.7. The Labute approximate surface area is 179 Å². The first-order valence-electron chi connectivity index (χ1n) is 10.6. The number of anilines is 2. The molecule has 0 unspecified atom stereocenters. The molecule has 2 aliphatic rings. The van der Waals surface area contributed by atoms with E-state index >= 15 is 0 Å². The second kappa shape index (κ2) is 9.14. The fraction of sp³-hybridized carbons (Fsp3) is 0.455. The predicted octanol–water partition coefficient (Wildman–Crippen LogP) is 2.90. The Morgan fingerprint density at radius 3 is 1.90 bits per heavy atom. The number of hydrogen-bond acceptors (Lipinski definition) is 6. The van der Waals surface area contributed by atoms with Gasteiger partial charge in [0.2, 0.25) is 10.0 Å². The van der Waals surface area contributed by atoms with E-state index in [2.05, 4.69) is 20.0 Å². The van der Waals surface area contributed by atoms with Crippen molar-refractivity contribution in [1.29, 1.82) is 0 Å². The summed E-state index contributed by atoms with van der Waals surface area (Å²) in [4.78, 5) is 4.38. The highest BCUT2D eigenvalue weighted by molar-refractivity contribution is 7.92. The van der Waals surface area contributed by atoms with Gasteiger partial charge in [-0.2, -0.15) is 4.31 Å². The van der Waals surface area contributed by atoms with Gasteiger partial charge < -0.3 is 9.80 Å². The van der Waals surface area contributed by atoms with E-state index in [9.17, 15) is 8.42 Å². The van der Waals surface area contributed by atoms with Crippen LogP contribution in [0.2, 0.25) is 0 Å². The summed E-state index contributed by atoms with van der Waals surface area (Å²) < 4.78 is 26.9. The van der Waals surface area contributed by atoms with E-state index in [1.807, 2.05) is 43.3 Å². The lowest BCUT2D eigenvalue weighted by Crippen LogP contribution is -2.48. The van der Waals surface area contributed by atoms with Crippen molar-refractivity contribution in [1.82, 2.24) is 14.5 Å². The Hall–Kier alpha value is -2.45. The Morgan fingerprint density at radius 1 is 0.767 bits per heavy atom. The van der Waals surface area contributed by atoms with Crippen molar-refractivity contribution in [3.8, 4) is 0 Å². The number of piperidine rings is 1. The van der Waals surface area contributed by atoms with Gasteiger partial charge in [-0.1, -0.05) is 29.8 Å². The molecule has 8 heteroatoms. The van der Waals surface area contributed by atoms with E-state index in [4.69, 9.17) is 0 Å². The quantitative estimate of drug-likeness (QED) is 0.731. The Kier molecular flexibility index (Phi) is 6.34. The van der Waals surface area contributed by atoms with E-state index in [-0.39, 0.29) is 0 Å². The summed E-state index contributed by atoms with van der Waals surface area (Å²) >= 11 is 0. The molecule has 1 aromatic carbocycles. The molecule has 30 heavy (non-hydrogen) atoms. The maximum Gasteiger partial charge on any atom is 0.236 e. The number of sulfonamides is 1. The normalized spacial score (nSPS) is 18.8. The second-order valence-electron chi connectivity index (χ2n) is 7.94. The van der Waals surface area contributed by atoms with Crippen LogP contribution in [0.25, 0.3) is 6.08 Å². The van der Waals surface area contributed by atoms with Crippen molar-refractivity contribution >= 4 is 27.7 Å². The highest BCUT2D eigenvalue weighted by Gasteiger charge is 2.26. The fourth-order valence-electron chi connectivity index (χ4n) is 3.88. The van der Waals surface area contributed by atoms with E-state index in [1.54, 1.807) is 6.08 Å². The van der Waals surface area contributed by atoms with Crippen molar-refractivity contribution in [2.75, 3.05) is 49.1 Å². The summed E-state index contributed by atoms with van der Waals surface area (Å²) in [6.45, 7) is 6.19. The molecule has 1 aromatic heterocycles. The fourth-order valence-corrected chi connectivity index (χ4v) is 5.05. The lowest BCUT2D eigenvalue weighted by Gasteiger charge is -2.34. The largest absolute Gasteiger partial charge is 0.355 e. The third kappa shape index (κ3) is 4.99. The molecule has 4 rings (SSSR count). The molecule has 2 fully saturated rings. The number of nitrogens with zero attached hydrogens (tertiary/aromatic N) is 5. The highest BCUT2D eigenvalue weighted by Crippen LogP contribution is 2.20. The monoisotopic (exact) mass is 427 g/mol. The number of aromatic nitrogens is 2. The third-order valence-electron chi connectivity index (χ3n) is 5.75. The van der Waals surface area contributed by atoms with E-state index in [1.165, 1.54) is 29.0 Å². The van der Waals surface area contributed by atoms with Crippen molar-refractivity contribution in [3.05, 3.63) is 52.9 Å². The number of aryl methyl sites for hydroxylation is 1. The van der Waals surface area contributed by atoms with Gasteiger partial charge in [-0.3, -0.25) is 0 Å². The summed E-state index contributed by atoms with van der Waals surface area (Å²) in [6, 6.07) is 11.8. The molecule has 0 spiro atoms. The SMILES string of the molecule is Cc1ccc(/C=C/S(=O)(=O)N2CCN(c3ccc(N4CCCCC4)nn3)CC2)cc1. The molecule has 3 heterocycles. The minimum absolute atomic E-state index is 0.441. The zero-order chi connectivity index (χ0) is 21.0. The summed E-state index contributed by atoms with van der Waals surface area (Å²) in [7, 11) is -3.44. The molecule has 2 aliphatic heterocycles. The van der Waals surface area contributed by atoms with Crippen LogP contribution >= 0.6 is 0 Å². The molecule has 0 saturated carbocycles. The molecule has 0 N–H and O–H groups in total. The first kappa shape index (κ1) is 20.8. The Balaban J connectivity index is 1.34. The van der Waals surface area contributed by atoms with Crippen LogP contribution in [-0.4, -0.2) is 62.2 Å². The van der Waals surface area contributed by atoms with Gasteiger partial charge in [0, 0.05) is 44.7 Å². The molecule has 160 valence electrons. The molecule has 7 nitrogen and oxygen atoms in total. The Morgan fingerprint density at radius 2 is 1.33 bits per heavy atom. The second-order valence-corrected chi connectivity index (χ2v) is 9.76. The molecule has 2 saturated heterocycles. The standard InChI is InChI=1S/C22H29N5O2S/c1-19-5-7-20(8-6-19)11-18-30(28,29)27-16-14-26(15-17-27)22-10-9-21(23-24-22)25-12-3-2-4-13-25/h5-11,18H,2-4,12-17H2,1H3/b18-11+. The average Bonchev–Trinajstić information content (AvgIpc) is 2.80. The summed E-state index contributed by atoms with van der Waals surface area (Å²) in [5.74, 6) is 1.74. The molecule has 0 atom stereocenters. The van der Waals surface area contributed by atoms with Gasteiger partial charge in [0.1, 0.15) is 0 Å².